The van der Waals surface area contributed by atoms with E-state index >= 15 is 0 Å². The smallest absolute Gasteiger partial charge is 0.241 e. The van der Waals surface area contributed by atoms with Crippen molar-refractivity contribution in [3.05, 3.63) is 78.8 Å². The summed E-state index contributed by atoms with van der Waals surface area (Å²) < 4.78 is 15.2. The van der Waals surface area contributed by atoms with Crippen molar-refractivity contribution >= 4 is 22.6 Å². The maximum Gasteiger partial charge on any atom is 0.241 e. The molecule has 3 N–H and O–H groups in total. The topological polar surface area (TPSA) is 112 Å². The molecule has 0 aliphatic heterocycles. The zero-order chi connectivity index (χ0) is 24.5. The molecule has 8 nitrogen and oxygen atoms in total. The number of pyridine rings is 1. The Hall–Kier alpha value is -4.66. The van der Waals surface area contributed by atoms with Crippen LogP contribution in [0.4, 0.5) is 10.2 Å². The fourth-order valence-corrected chi connectivity index (χ4v) is 3.98. The van der Waals surface area contributed by atoms with Gasteiger partial charge in [0.1, 0.15) is 24.5 Å². The fraction of sp³-hybridized carbons (Fsp3) is 0.115. The van der Waals surface area contributed by atoms with Crippen LogP contribution in [0.1, 0.15) is 5.69 Å². The maximum absolute atomic E-state index is 13.6. The summed E-state index contributed by atoms with van der Waals surface area (Å²) in [5.74, 6) is -0.193. The minimum Gasteiger partial charge on any atom is -0.383 e. The Morgan fingerprint density at radius 1 is 1.03 bits per heavy atom. The lowest BCUT2D eigenvalue weighted by atomic mass is 9.95. The van der Waals surface area contributed by atoms with Gasteiger partial charge >= 0.3 is 0 Å². The summed E-state index contributed by atoms with van der Waals surface area (Å²) in [6.07, 6.45) is 4.94. The zero-order valence-electron chi connectivity index (χ0n) is 19.2. The van der Waals surface area contributed by atoms with E-state index in [0.29, 0.717) is 17.1 Å². The summed E-state index contributed by atoms with van der Waals surface area (Å²) in [5, 5.41) is 7.78. The first-order valence-corrected chi connectivity index (χ1v) is 10.9. The number of hydrogen-bond acceptors (Lipinski definition) is 6. The number of benzene rings is 2. The van der Waals surface area contributed by atoms with E-state index in [1.54, 1.807) is 37.9 Å². The van der Waals surface area contributed by atoms with Crippen LogP contribution in [-0.2, 0) is 11.3 Å². The number of aromatic nitrogens is 5. The van der Waals surface area contributed by atoms with Crippen LogP contribution in [0.2, 0.25) is 0 Å². The summed E-state index contributed by atoms with van der Waals surface area (Å²) in [7, 11) is 1.57. The summed E-state index contributed by atoms with van der Waals surface area (Å²) in [5.41, 5.74) is 12.6. The van der Waals surface area contributed by atoms with Crippen molar-refractivity contribution in [3.8, 4) is 33.5 Å². The quantitative estimate of drug-likeness (QED) is 0.404. The van der Waals surface area contributed by atoms with E-state index in [-0.39, 0.29) is 18.3 Å². The van der Waals surface area contributed by atoms with Gasteiger partial charge in [-0.25, -0.2) is 19.3 Å². The second-order valence-corrected chi connectivity index (χ2v) is 8.12. The van der Waals surface area contributed by atoms with Crippen molar-refractivity contribution in [1.29, 1.82) is 0 Å². The molecule has 5 aromatic rings. The van der Waals surface area contributed by atoms with Crippen LogP contribution in [0.3, 0.4) is 0 Å². The van der Waals surface area contributed by atoms with Crippen molar-refractivity contribution in [2.24, 2.45) is 0 Å². The van der Waals surface area contributed by atoms with Crippen molar-refractivity contribution in [2.75, 3.05) is 12.8 Å². The van der Waals surface area contributed by atoms with Crippen LogP contribution < -0.4 is 11.1 Å². The Morgan fingerprint density at radius 2 is 1.80 bits per heavy atom. The minimum absolute atomic E-state index is 0.0916. The Balaban J connectivity index is 1.69. The molecule has 3 heterocycles. The number of hydrogen-bond donors (Lipinski definition) is 2. The molecular formula is C26H22FN7O. The summed E-state index contributed by atoms with van der Waals surface area (Å²) >= 11 is 0. The first-order valence-electron chi connectivity index (χ1n) is 10.9. The predicted molar refractivity (Wildman–Crippen MR) is 133 cm³/mol. The van der Waals surface area contributed by atoms with Gasteiger partial charge in [-0.2, -0.15) is 5.10 Å². The monoisotopic (exact) mass is 467 g/mol. The molecule has 0 spiro atoms. The molecule has 0 saturated heterocycles. The molecule has 9 heteroatoms. The maximum atomic E-state index is 13.6. The summed E-state index contributed by atoms with van der Waals surface area (Å²) in [6.45, 7) is 2.02. The molecule has 2 aromatic carbocycles. The molecule has 1 amide bonds. The van der Waals surface area contributed by atoms with Crippen LogP contribution in [0, 0.1) is 12.7 Å². The number of amides is 1. The number of nitrogen functional groups attached to an aromatic ring is 1. The van der Waals surface area contributed by atoms with E-state index in [9.17, 15) is 9.18 Å². The number of nitrogens with two attached hydrogens (primary N) is 1. The molecule has 0 radical (unpaired) electrons. The number of nitrogens with zero attached hydrogens (tertiary/aromatic N) is 5. The van der Waals surface area contributed by atoms with Crippen LogP contribution in [0.15, 0.2) is 67.3 Å². The highest BCUT2D eigenvalue weighted by atomic mass is 19.1. The average Bonchev–Trinajstić information content (AvgIpc) is 3.32. The van der Waals surface area contributed by atoms with Gasteiger partial charge in [0.25, 0.3) is 0 Å². The number of carbonyl (C=O) groups is 1. The highest BCUT2D eigenvalue weighted by Gasteiger charge is 2.17. The van der Waals surface area contributed by atoms with Crippen LogP contribution in [0.5, 0.6) is 0 Å². The molecule has 0 atom stereocenters. The number of fused-ring (bicyclic) bond motifs is 1. The lowest BCUT2D eigenvalue weighted by Crippen LogP contribution is -2.23. The van der Waals surface area contributed by atoms with E-state index in [2.05, 4.69) is 20.4 Å². The zero-order valence-corrected chi connectivity index (χ0v) is 19.2. The molecule has 0 aliphatic rings. The Kier molecular flexibility index (Phi) is 5.66. The van der Waals surface area contributed by atoms with Gasteiger partial charge in [-0.1, -0.05) is 6.07 Å². The van der Waals surface area contributed by atoms with Gasteiger partial charge in [0, 0.05) is 46.6 Å². The lowest BCUT2D eigenvalue weighted by molar-refractivity contribution is -0.121. The lowest BCUT2D eigenvalue weighted by Gasteiger charge is -2.14. The Labute approximate surface area is 200 Å². The molecule has 0 aliphatic carbocycles. The molecule has 35 heavy (non-hydrogen) atoms. The number of nitrogens with one attached hydrogen (secondary N) is 1. The van der Waals surface area contributed by atoms with Gasteiger partial charge in [-0.3, -0.25) is 9.48 Å². The normalized spacial score (nSPS) is 11.1. The molecule has 0 bridgehead atoms. The van der Waals surface area contributed by atoms with Crippen LogP contribution in [-0.4, -0.2) is 37.7 Å². The second kappa shape index (κ2) is 8.94. The summed E-state index contributed by atoms with van der Waals surface area (Å²) in [4.78, 5) is 25.1. The van der Waals surface area contributed by atoms with Gasteiger partial charge in [0.2, 0.25) is 5.91 Å². The molecular weight excluding hydrogens is 445 g/mol. The molecule has 0 saturated carbocycles. The molecule has 3 aromatic heterocycles. The molecule has 174 valence electrons. The fourth-order valence-electron chi connectivity index (χ4n) is 3.98. The summed E-state index contributed by atoms with van der Waals surface area (Å²) in [6, 6.07) is 14.0. The number of likely N-dealkylation sites (N-methyl/N-ethyl adjacent to an activating group) is 1. The van der Waals surface area contributed by atoms with Crippen LogP contribution in [0.25, 0.3) is 44.4 Å². The standard InChI is InChI=1S/C26H22FN7O/c1-15-20-9-17(5-8-23(20)31-14-30-15)21-10-22(18-11-32-34(12-18)13-24(35)29-2)26(28)33-25(21)16-3-6-19(27)7-4-16/h3-12,14H,13H2,1-2H3,(H2,28,33)(H,29,35). The number of halogens is 1. The molecule has 5 rings (SSSR count). The number of carbonyl (C=O) groups excluding carboxylic acids is 1. The van der Waals surface area contributed by atoms with E-state index < -0.39 is 0 Å². The van der Waals surface area contributed by atoms with Gasteiger partial charge in [0.05, 0.1) is 17.4 Å². The van der Waals surface area contributed by atoms with E-state index in [4.69, 9.17) is 10.7 Å². The molecule has 0 unspecified atom stereocenters. The van der Waals surface area contributed by atoms with Crippen molar-refractivity contribution in [2.45, 2.75) is 13.5 Å². The van der Waals surface area contributed by atoms with Crippen molar-refractivity contribution < 1.29 is 9.18 Å². The highest BCUT2D eigenvalue weighted by molar-refractivity contribution is 5.92. The van der Waals surface area contributed by atoms with Gasteiger partial charge in [-0.05, 0) is 55.0 Å². The first kappa shape index (κ1) is 22.1. The number of anilines is 1. The average molecular weight is 468 g/mol. The third-order valence-electron chi connectivity index (χ3n) is 5.84. The van der Waals surface area contributed by atoms with Gasteiger partial charge in [-0.15, -0.1) is 0 Å². The Morgan fingerprint density at radius 3 is 2.57 bits per heavy atom. The van der Waals surface area contributed by atoms with Gasteiger partial charge < -0.3 is 11.1 Å². The van der Waals surface area contributed by atoms with E-state index in [0.717, 1.165) is 38.9 Å². The highest BCUT2D eigenvalue weighted by Crippen LogP contribution is 2.38. The van der Waals surface area contributed by atoms with Crippen molar-refractivity contribution in [3.63, 3.8) is 0 Å². The Bertz CT molecular complexity index is 1560. The van der Waals surface area contributed by atoms with E-state index in [1.807, 2.05) is 31.2 Å². The van der Waals surface area contributed by atoms with Crippen molar-refractivity contribution in [1.82, 2.24) is 30.0 Å². The van der Waals surface area contributed by atoms with E-state index in [1.165, 1.54) is 16.8 Å². The van der Waals surface area contributed by atoms with Crippen LogP contribution >= 0.6 is 0 Å². The molecule has 0 fully saturated rings. The predicted octanol–water partition coefficient (Wildman–Crippen LogP) is 4.00. The minimum atomic E-state index is -0.332. The largest absolute Gasteiger partial charge is 0.383 e. The third-order valence-corrected chi connectivity index (χ3v) is 5.84. The number of rotatable bonds is 5. The third kappa shape index (κ3) is 4.31. The second-order valence-electron chi connectivity index (χ2n) is 8.12. The van der Waals surface area contributed by atoms with Gasteiger partial charge in [0.15, 0.2) is 0 Å². The number of aryl methyl sites for hydroxylation is 1. The SMILES string of the molecule is CNC(=O)Cn1cc(-c2cc(-c3ccc4ncnc(C)c4c3)c(-c3ccc(F)cc3)nc2N)cn1. The first-order chi connectivity index (χ1) is 16.9.